The zero-order chi connectivity index (χ0) is 14.9. The Hall–Kier alpha value is -1.55. The summed E-state index contributed by atoms with van der Waals surface area (Å²) in [5.74, 6) is 0. The van der Waals surface area contributed by atoms with Crippen LogP contribution in [0.4, 0.5) is 4.79 Å². The second-order valence-corrected chi connectivity index (χ2v) is 5.67. The van der Waals surface area contributed by atoms with Crippen molar-refractivity contribution in [3.8, 4) is 0 Å². The maximum Gasteiger partial charge on any atom is 0.407 e. The Balaban J connectivity index is 1.65. The highest BCUT2D eigenvalue weighted by atomic mass is 16.5. The SMILES string of the molecule is CCCCOC(=O)NC1CCN(Cc2ccccc2)CC1. The molecule has 1 aliphatic rings. The molecule has 0 saturated carbocycles. The zero-order valence-electron chi connectivity index (χ0n) is 12.9. The third-order valence-corrected chi connectivity index (χ3v) is 3.89. The van der Waals surface area contributed by atoms with Crippen LogP contribution in [-0.2, 0) is 11.3 Å². The minimum Gasteiger partial charge on any atom is -0.450 e. The number of hydrogen-bond donors (Lipinski definition) is 1. The number of alkyl carbamates (subject to hydrolysis) is 1. The lowest BCUT2D eigenvalue weighted by atomic mass is 10.0. The van der Waals surface area contributed by atoms with Crippen LogP contribution in [0.15, 0.2) is 30.3 Å². The van der Waals surface area contributed by atoms with Gasteiger partial charge in [-0.2, -0.15) is 0 Å². The van der Waals surface area contributed by atoms with Crippen LogP contribution in [0.5, 0.6) is 0 Å². The number of carbonyl (C=O) groups is 1. The van der Waals surface area contributed by atoms with Gasteiger partial charge in [0.05, 0.1) is 6.61 Å². The van der Waals surface area contributed by atoms with Crippen LogP contribution < -0.4 is 5.32 Å². The molecule has 0 atom stereocenters. The molecule has 4 nitrogen and oxygen atoms in total. The Morgan fingerprint density at radius 2 is 2.00 bits per heavy atom. The fourth-order valence-corrected chi connectivity index (χ4v) is 2.59. The summed E-state index contributed by atoms with van der Waals surface area (Å²) in [4.78, 5) is 14.1. The molecular weight excluding hydrogens is 264 g/mol. The van der Waals surface area contributed by atoms with Crippen LogP contribution in [0.3, 0.4) is 0 Å². The van der Waals surface area contributed by atoms with Crippen molar-refractivity contribution in [2.45, 2.75) is 45.2 Å². The summed E-state index contributed by atoms with van der Waals surface area (Å²) in [6, 6.07) is 10.8. The summed E-state index contributed by atoms with van der Waals surface area (Å²) in [6.07, 6.45) is 3.71. The van der Waals surface area contributed by atoms with Gasteiger partial charge in [0, 0.05) is 25.7 Å². The first-order chi connectivity index (χ1) is 10.3. The van der Waals surface area contributed by atoms with E-state index in [1.807, 2.05) is 6.07 Å². The van der Waals surface area contributed by atoms with E-state index in [2.05, 4.69) is 41.4 Å². The quantitative estimate of drug-likeness (QED) is 0.818. The smallest absolute Gasteiger partial charge is 0.407 e. The van der Waals surface area contributed by atoms with Crippen molar-refractivity contribution in [1.82, 2.24) is 10.2 Å². The molecule has 1 aliphatic heterocycles. The van der Waals surface area contributed by atoms with Gasteiger partial charge in [0.15, 0.2) is 0 Å². The number of likely N-dealkylation sites (tertiary alicyclic amines) is 1. The van der Waals surface area contributed by atoms with Gasteiger partial charge in [-0.25, -0.2) is 4.79 Å². The molecule has 116 valence electrons. The third-order valence-electron chi connectivity index (χ3n) is 3.89. The molecule has 1 N–H and O–H groups in total. The van der Waals surface area contributed by atoms with E-state index < -0.39 is 0 Å². The van der Waals surface area contributed by atoms with Crippen LogP contribution >= 0.6 is 0 Å². The molecule has 0 unspecified atom stereocenters. The second-order valence-electron chi connectivity index (χ2n) is 5.67. The minimum atomic E-state index is -0.259. The largest absolute Gasteiger partial charge is 0.450 e. The number of hydrogen-bond acceptors (Lipinski definition) is 3. The first kappa shape index (κ1) is 15.8. The third kappa shape index (κ3) is 5.76. The van der Waals surface area contributed by atoms with E-state index in [1.54, 1.807) is 0 Å². The first-order valence-electron chi connectivity index (χ1n) is 7.97. The Bertz CT molecular complexity index is 414. The van der Waals surface area contributed by atoms with Crippen molar-refractivity contribution in [2.24, 2.45) is 0 Å². The highest BCUT2D eigenvalue weighted by Gasteiger charge is 2.20. The lowest BCUT2D eigenvalue weighted by molar-refractivity contribution is 0.130. The molecule has 1 heterocycles. The molecule has 1 amide bonds. The number of carbonyl (C=O) groups excluding carboxylic acids is 1. The number of nitrogens with one attached hydrogen (secondary N) is 1. The average molecular weight is 290 g/mol. The van der Waals surface area contributed by atoms with E-state index in [0.717, 1.165) is 45.3 Å². The molecule has 1 fully saturated rings. The Morgan fingerprint density at radius 1 is 1.29 bits per heavy atom. The van der Waals surface area contributed by atoms with Crippen molar-refractivity contribution in [3.63, 3.8) is 0 Å². The summed E-state index contributed by atoms with van der Waals surface area (Å²) in [5.41, 5.74) is 1.35. The van der Waals surface area contributed by atoms with Crippen LogP contribution in [0.25, 0.3) is 0 Å². The van der Waals surface area contributed by atoms with E-state index in [1.165, 1.54) is 5.56 Å². The maximum atomic E-state index is 11.6. The summed E-state index contributed by atoms with van der Waals surface area (Å²) in [7, 11) is 0. The van der Waals surface area contributed by atoms with Gasteiger partial charge in [-0.05, 0) is 24.8 Å². The summed E-state index contributed by atoms with van der Waals surface area (Å²) >= 11 is 0. The molecule has 0 aliphatic carbocycles. The number of benzene rings is 1. The van der Waals surface area contributed by atoms with Gasteiger partial charge < -0.3 is 10.1 Å². The average Bonchev–Trinajstić information content (AvgIpc) is 2.51. The second kappa shape index (κ2) is 8.67. The molecule has 1 aromatic rings. The van der Waals surface area contributed by atoms with Crippen LogP contribution in [0.2, 0.25) is 0 Å². The van der Waals surface area contributed by atoms with E-state index in [0.29, 0.717) is 6.61 Å². The molecular formula is C17H26N2O2. The highest BCUT2D eigenvalue weighted by Crippen LogP contribution is 2.13. The van der Waals surface area contributed by atoms with Crippen molar-refractivity contribution >= 4 is 6.09 Å². The van der Waals surface area contributed by atoms with E-state index in [9.17, 15) is 4.79 Å². The van der Waals surface area contributed by atoms with Gasteiger partial charge in [0.2, 0.25) is 0 Å². The number of ether oxygens (including phenoxy) is 1. The van der Waals surface area contributed by atoms with Gasteiger partial charge in [-0.3, -0.25) is 4.90 Å². The summed E-state index contributed by atoms with van der Waals surface area (Å²) < 4.78 is 5.14. The molecule has 0 bridgehead atoms. The molecule has 0 aromatic heterocycles. The Morgan fingerprint density at radius 3 is 2.67 bits per heavy atom. The lowest BCUT2D eigenvalue weighted by Gasteiger charge is -2.32. The molecule has 1 aromatic carbocycles. The molecule has 0 radical (unpaired) electrons. The number of piperidine rings is 1. The fraction of sp³-hybridized carbons (Fsp3) is 0.588. The van der Waals surface area contributed by atoms with E-state index in [-0.39, 0.29) is 12.1 Å². The van der Waals surface area contributed by atoms with Gasteiger partial charge in [0.1, 0.15) is 0 Å². The summed E-state index contributed by atoms with van der Waals surface area (Å²) in [6.45, 7) is 5.65. The lowest BCUT2D eigenvalue weighted by Crippen LogP contribution is -2.44. The van der Waals surface area contributed by atoms with E-state index in [4.69, 9.17) is 4.74 Å². The predicted molar refractivity (Wildman–Crippen MR) is 84.1 cm³/mol. The maximum absolute atomic E-state index is 11.6. The van der Waals surface area contributed by atoms with Crippen LogP contribution in [0.1, 0.15) is 38.2 Å². The monoisotopic (exact) mass is 290 g/mol. The van der Waals surface area contributed by atoms with Crippen molar-refractivity contribution in [2.75, 3.05) is 19.7 Å². The van der Waals surface area contributed by atoms with Crippen molar-refractivity contribution in [1.29, 1.82) is 0 Å². The molecule has 21 heavy (non-hydrogen) atoms. The molecule has 0 spiro atoms. The minimum absolute atomic E-state index is 0.256. The van der Waals surface area contributed by atoms with Gasteiger partial charge >= 0.3 is 6.09 Å². The first-order valence-corrected chi connectivity index (χ1v) is 7.97. The predicted octanol–water partition coefficient (Wildman–Crippen LogP) is 3.18. The van der Waals surface area contributed by atoms with Crippen LogP contribution in [0, 0.1) is 0 Å². The number of rotatable bonds is 6. The Labute approximate surface area is 127 Å². The van der Waals surface area contributed by atoms with Crippen molar-refractivity contribution in [3.05, 3.63) is 35.9 Å². The highest BCUT2D eigenvalue weighted by molar-refractivity contribution is 5.67. The summed E-state index contributed by atoms with van der Waals surface area (Å²) in [5, 5.41) is 2.97. The van der Waals surface area contributed by atoms with E-state index >= 15 is 0 Å². The standard InChI is InChI=1S/C17H26N2O2/c1-2-3-13-21-17(20)18-16-9-11-19(12-10-16)14-15-7-5-4-6-8-15/h4-8,16H,2-3,9-14H2,1H3,(H,18,20). The topological polar surface area (TPSA) is 41.6 Å². The molecule has 1 saturated heterocycles. The number of amides is 1. The van der Waals surface area contributed by atoms with Gasteiger partial charge in [-0.1, -0.05) is 43.7 Å². The molecule has 2 rings (SSSR count). The normalized spacial score (nSPS) is 16.6. The Kier molecular flexibility index (Phi) is 6.54. The van der Waals surface area contributed by atoms with Crippen molar-refractivity contribution < 1.29 is 9.53 Å². The van der Waals surface area contributed by atoms with Gasteiger partial charge in [0.25, 0.3) is 0 Å². The zero-order valence-corrected chi connectivity index (χ0v) is 12.9. The van der Waals surface area contributed by atoms with Crippen LogP contribution in [-0.4, -0.2) is 36.7 Å². The fourth-order valence-electron chi connectivity index (χ4n) is 2.59. The molecule has 4 heteroatoms. The number of unbranched alkanes of at least 4 members (excludes halogenated alkanes) is 1. The number of nitrogens with zero attached hydrogens (tertiary/aromatic N) is 1. The van der Waals surface area contributed by atoms with Gasteiger partial charge in [-0.15, -0.1) is 0 Å².